The van der Waals surface area contributed by atoms with Gasteiger partial charge in [-0.2, -0.15) is 0 Å². The number of hydrogen-bond acceptors (Lipinski definition) is 4. The van der Waals surface area contributed by atoms with Crippen molar-refractivity contribution >= 4 is 28.4 Å². The van der Waals surface area contributed by atoms with Gasteiger partial charge in [0, 0.05) is 42.5 Å². The standard InChI is InChI=1S/C20H18F2N4O2/c21-13-10-14-17(4-7-23-19(14)15(22)11-13)25-20(27)26-18-3-1-2-16(24-18)12-5-8-28-9-6-12/h1-4,7,10-12H,5-6,8-9H2,(H2,23,24,25,26,27). The number of nitrogens with one attached hydrogen (secondary N) is 2. The molecule has 2 amide bonds. The van der Waals surface area contributed by atoms with E-state index in [4.69, 9.17) is 4.74 Å². The number of hydrogen-bond donors (Lipinski definition) is 2. The number of halogens is 2. The highest BCUT2D eigenvalue weighted by Crippen LogP contribution is 2.27. The van der Waals surface area contributed by atoms with E-state index in [2.05, 4.69) is 20.6 Å². The molecule has 1 aromatic carbocycles. The Balaban J connectivity index is 1.52. The summed E-state index contributed by atoms with van der Waals surface area (Å²) in [5, 5.41) is 5.45. The summed E-state index contributed by atoms with van der Waals surface area (Å²) < 4.78 is 32.8. The highest BCUT2D eigenvalue weighted by molar-refractivity contribution is 6.05. The predicted octanol–water partition coefficient (Wildman–Crippen LogP) is 4.45. The average Bonchev–Trinajstić information content (AvgIpc) is 2.69. The average molecular weight is 384 g/mol. The fraction of sp³-hybridized carbons (Fsp3) is 0.250. The summed E-state index contributed by atoms with van der Waals surface area (Å²) in [6.07, 6.45) is 3.13. The van der Waals surface area contributed by atoms with Crippen molar-refractivity contribution in [2.45, 2.75) is 18.8 Å². The Bertz CT molecular complexity index is 1020. The monoisotopic (exact) mass is 384 g/mol. The Hall–Kier alpha value is -3.13. The molecule has 3 aromatic rings. The maximum absolute atomic E-state index is 13.9. The van der Waals surface area contributed by atoms with Crippen LogP contribution in [-0.4, -0.2) is 29.2 Å². The molecule has 4 rings (SSSR count). The molecule has 28 heavy (non-hydrogen) atoms. The van der Waals surface area contributed by atoms with Crippen molar-refractivity contribution in [2.24, 2.45) is 0 Å². The van der Waals surface area contributed by atoms with Crippen molar-refractivity contribution in [1.82, 2.24) is 9.97 Å². The Kier molecular flexibility index (Phi) is 5.12. The van der Waals surface area contributed by atoms with Crippen molar-refractivity contribution in [2.75, 3.05) is 23.8 Å². The Morgan fingerprint density at radius 3 is 2.75 bits per heavy atom. The molecule has 1 aliphatic heterocycles. The molecule has 3 heterocycles. The lowest BCUT2D eigenvalue weighted by atomic mass is 9.96. The first-order valence-electron chi connectivity index (χ1n) is 8.96. The maximum Gasteiger partial charge on any atom is 0.324 e. The van der Waals surface area contributed by atoms with Gasteiger partial charge in [0.25, 0.3) is 0 Å². The molecule has 144 valence electrons. The smallest absolute Gasteiger partial charge is 0.324 e. The first-order chi connectivity index (χ1) is 13.6. The largest absolute Gasteiger partial charge is 0.381 e. The topological polar surface area (TPSA) is 76.1 Å². The van der Waals surface area contributed by atoms with Crippen LogP contribution in [0, 0.1) is 11.6 Å². The number of fused-ring (bicyclic) bond motifs is 1. The number of amides is 2. The molecule has 0 spiro atoms. The molecule has 8 heteroatoms. The Morgan fingerprint density at radius 2 is 1.93 bits per heavy atom. The van der Waals surface area contributed by atoms with Gasteiger partial charge in [-0.15, -0.1) is 0 Å². The molecule has 0 saturated carbocycles. The van der Waals surface area contributed by atoms with Crippen LogP contribution in [0.15, 0.2) is 42.6 Å². The van der Waals surface area contributed by atoms with Gasteiger partial charge in [0.15, 0.2) is 5.82 Å². The SMILES string of the molecule is O=C(Nc1cccc(C2CCOCC2)n1)Nc1ccnc2c(F)cc(F)cc12. The highest BCUT2D eigenvalue weighted by atomic mass is 19.1. The summed E-state index contributed by atoms with van der Waals surface area (Å²) in [4.78, 5) is 20.8. The second kappa shape index (κ2) is 7.85. The van der Waals surface area contributed by atoms with E-state index in [1.54, 1.807) is 6.07 Å². The van der Waals surface area contributed by atoms with Crippen molar-refractivity contribution in [3.05, 3.63) is 59.9 Å². The summed E-state index contributed by atoms with van der Waals surface area (Å²) in [5.74, 6) is -0.831. The van der Waals surface area contributed by atoms with E-state index >= 15 is 0 Å². The zero-order valence-electron chi connectivity index (χ0n) is 14.9. The van der Waals surface area contributed by atoms with Gasteiger partial charge in [-0.3, -0.25) is 10.3 Å². The molecular weight excluding hydrogens is 366 g/mol. The van der Waals surface area contributed by atoms with Crippen LogP contribution in [0.4, 0.5) is 25.1 Å². The van der Waals surface area contributed by atoms with Crippen LogP contribution < -0.4 is 10.6 Å². The van der Waals surface area contributed by atoms with Crippen LogP contribution in [0.3, 0.4) is 0 Å². The molecule has 0 atom stereocenters. The molecule has 6 nitrogen and oxygen atoms in total. The number of benzene rings is 1. The normalized spacial score (nSPS) is 14.8. The van der Waals surface area contributed by atoms with Crippen molar-refractivity contribution in [3.63, 3.8) is 0 Å². The van der Waals surface area contributed by atoms with Gasteiger partial charge in [0.2, 0.25) is 0 Å². The third-order valence-electron chi connectivity index (χ3n) is 4.66. The van der Waals surface area contributed by atoms with Crippen LogP contribution in [0.1, 0.15) is 24.5 Å². The number of carbonyl (C=O) groups excluding carboxylic acids is 1. The van der Waals surface area contributed by atoms with Crippen molar-refractivity contribution in [3.8, 4) is 0 Å². The molecule has 2 aromatic heterocycles. The Morgan fingerprint density at radius 1 is 1.11 bits per heavy atom. The summed E-state index contributed by atoms with van der Waals surface area (Å²) in [6.45, 7) is 1.40. The molecule has 0 radical (unpaired) electrons. The van der Waals surface area contributed by atoms with Gasteiger partial charge < -0.3 is 10.1 Å². The quantitative estimate of drug-likeness (QED) is 0.700. The van der Waals surface area contributed by atoms with Crippen molar-refractivity contribution < 1.29 is 18.3 Å². The molecule has 1 saturated heterocycles. The number of rotatable bonds is 3. The molecule has 0 aliphatic carbocycles. The molecular formula is C20H18F2N4O2. The molecule has 1 fully saturated rings. The minimum absolute atomic E-state index is 0.0150. The fourth-order valence-electron chi connectivity index (χ4n) is 3.30. The lowest BCUT2D eigenvalue weighted by molar-refractivity contribution is 0.0845. The van der Waals surface area contributed by atoms with Gasteiger partial charge in [-0.1, -0.05) is 6.07 Å². The molecule has 1 aliphatic rings. The predicted molar refractivity (Wildman–Crippen MR) is 101 cm³/mol. The van der Waals surface area contributed by atoms with Crippen LogP contribution >= 0.6 is 0 Å². The third kappa shape index (κ3) is 3.91. The number of carbonyl (C=O) groups is 1. The molecule has 0 bridgehead atoms. The molecule has 0 unspecified atom stereocenters. The van der Waals surface area contributed by atoms with Crippen LogP contribution in [0.5, 0.6) is 0 Å². The second-order valence-corrected chi connectivity index (χ2v) is 6.56. The van der Waals surface area contributed by atoms with E-state index in [1.165, 1.54) is 12.3 Å². The second-order valence-electron chi connectivity index (χ2n) is 6.56. The number of aromatic nitrogens is 2. The minimum Gasteiger partial charge on any atom is -0.381 e. The molecule has 2 N–H and O–H groups in total. The van der Waals surface area contributed by atoms with Gasteiger partial charge in [0.05, 0.1) is 5.69 Å². The minimum atomic E-state index is -0.787. The lowest BCUT2D eigenvalue weighted by Gasteiger charge is -2.21. The van der Waals surface area contributed by atoms with Crippen LogP contribution in [0.2, 0.25) is 0 Å². The zero-order chi connectivity index (χ0) is 19.5. The van der Waals surface area contributed by atoms with Crippen LogP contribution in [0.25, 0.3) is 10.9 Å². The maximum atomic E-state index is 13.9. The number of pyridine rings is 2. The lowest BCUT2D eigenvalue weighted by Crippen LogP contribution is -2.21. The van der Waals surface area contributed by atoms with Gasteiger partial charge in [0.1, 0.15) is 17.2 Å². The fourth-order valence-corrected chi connectivity index (χ4v) is 3.30. The number of urea groups is 1. The number of anilines is 2. The van der Waals surface area contributed by atoms with E-state index in [0.29, 0.717) is 24.9 Å². The van der Waals surface area contributed by atoms with Gasteiger partial charge in [-0.05, 0) is 37.1 Å². The number of nitrogens with zero attached hydrogens (tertiary/aromatic N) is 2. The van der Waals surface area contributed by atoms with Crippen LogP contribution in [-0.2, 0) is 4.74 Å². The zero-order valence-corrected chi connectivity index (χ0v) is 14.9. The summed E-state index contributed by atoms with van der Waals surface area (Å²) in [5.41, 5.74) is 1.14. The Labute approximate surface area is 159 Å². The third-order valence-corrected chi connectivity index (χ3v) is 4.66. The number of ether oxygens (including phenoxy) is 1. The van der Waals surface area contributed by atoms with E-state index in [1.807, 2.05) is 12.1 Å². The van der Waals surface area contributed by atoms with E-state index in [9.17, 15) is 13.6 Å². The van der Waals surface area contributed by atoms with E-state index in [-0.39, 0.29) is 16.6 Å². The first kappa shape index (κ1) is 18.2. The van der Waals surface area contributed by atoms with Gasteiger partial charge >= 0.3 is 6.03 Å². The summed E-state index contributed by atoms with van der Waals surface area (Å²) >= 11 is 0. The van der Waals surface area contributed by atoms with E-state index in [0.717, 1.165) is 30.7 Å². The summed E-state index contributed by atoms with van der Waals surface area (Å²) in [6, 6.07) is 8.25. The highest BCUT2D eigenvalue weighted by Gasteiger charge is 2.18. The van der Waals surface area contributed by atoms with E-state index < -0.39 is 17.7 Å². The first-order valence-corrected chi connectivity index (χ1v) is 8.96. The summed E-state index contributed by atoms with van der Waals surface area (Å²) in [7, 11) is 0. The van der Waals surface area contributed by atoms with Gasteiger partial charge in [-0.25, -0.2) is 18.6 Å². The van der Waals surface area contributed by atoms with Crippen molar-refractivity contribution in [1.29, 1.82) is 0 Å².